The molecular weight excluding hydrogens is 404 g/mol. The molecule has 0 atom stereocenters. The van der Waals surface area contributed by atoms with Gasteiger partial charge in [-0.15, -0.1) is 0 Å². The Bertz CT molecular complexity index is 903. The molecule has 0 saturated heterocycles. The maximum Gasteiger partial charge on any atom is 0.257 e. The quantitative estimate of drug-likeness (QED) is 0.423. The molecule has 0 aromatic heterocycles. The zero-order valence-corrected chi connectivity index (χ0v) is 18.7. The number of aromatic hydroxyl groups is 1. The van der Waals surface area contributed by atoms with Crippen LogP contribution < -0.4 is 24.8 Å². The molecule has 2 aromatic rings. The number of phenols is 1. The zero-order chi connectivity index (χ0) is 22.3. The third kappa shape index (κ3) is 5.76. The molecule has 0 saturated carbocycles. The molecule has 0 fully saturated rings. The smallest absolute Gasteiger partial charge is 0.257 e. The molecule has 2 rings (SSSR count). The summed E-state index contributed by atoms with van der Waals surface area (Å²) in [6.45, 7) is 10.6. The van der Waals surface area contributed by atoms with E-state index in [4.69, 9.17) is 26.4 Å². The van der Waals surface area contributed by atoms with Crippen LogP contribution in [-0.2, 0) is 0 Å². The Labute approximate surface area is 182 Å². The number of amides is 1. The van der Waals surface area contributed by atoms with E-state index in [2.05, 4.69) is 10.6 Å². The Morgan fingerprint density at radius 1 is 0.933 bits per heavy atom. The zero-order valence-electron chi connectivity index (χ0n) is 17.9. The minimum Gasteiger partial charge on any atom is -0.506 e. The van der Waals surface area contributed by atoms with Gasteiger partial charge in [-0.1, -0.05) is 0 Å². The van der Waals surface area contributed by atoms with Gasteiger partial charge in [0, 0.05) is 5.56 Å². The van der Waals surface area contributed by atoms with Gasteiger partial charge in [0.2, 0.25) is 5.75 Å². The number of aryl methyl sites for hydroxylation is 2. The first-order chi connectivity index (χ1) is 14.3. The van der Waals surface area contributed by atoms with Gasteiger partial charge in [-0.3, -0.25) is 10.1 Å². The van der Waals surface area contributed by atoms with E-state index < -0.39 is 5.91 Å². The van der Waals surface area contributed by atoms with Crippen LogP contribution in [-0.4, -0.2) is 35.9 Å². The molecule has 162 valence electrons. The van der Waals surface area contributed by atoms with E-state index in [-0.39, 0.29) is 10.9 Å². The third-order valence-electron chi connectivity index (χ3n) is 4.26. The Hall–Kier alpha value is -3.00. The van der Waals surface area contributed by atoms with Crippen molar-refractivity contribution in [1.29, 1.82) is 0 Å². The van der Waals surface area contributed by atoms with E-state index in [1.165, 1.54) is 0 Å². The Morgan fingerprint density at radius 3 is 2.00 bits per heavy atom. The van der Waals surface area contributed by atoms with Gasteiger partial charge in [-0.25, -0.2) is 0 Å². The fourth-order valence-electron chi connectivity index (χ4n) is 2.75. The van der Waals surface area contributed by atoms with Gasteiger partial charge >= 0.3 is 0 Å². The number of phenolic OH excluding ortho intramolecular Hbond substituents is 1. The highest BCUT2D eigenvalue weighted by Gasteiger charge is 2.19. The predicted octanol–water partition coefficient (Wildman–Crippen LogP) is 4.33. The van der Waals surface area contributed by atoms with E-state index in [1.54, 1.807) is 24.3 Å². The third-order valence-corrected chi connectivity index (χ3v) is 4.46. The summed E-state index contributed by atoms with van der Waals surface area (Å²) in [6, 6.07) is 6.57. The van der Waals surface area contributed by atoms with Crippen molar-refractivity contribution in [3.63, 3.8) is 0 Å². The molecule has 3 N–H and O–H groups in total. The first-order valence-electron chi connectivity index (χ1n) is 9.79. The van der Waals surface area contributed by atoms with Crippen LogP contribution in [0.4, 0.5) is 5.69 Å². The van der Waals surface area contributed by atoms with Gasteiger partial charge < -0.3 is 24.6 Å². The fourth-order valence-corrected chi connectivity index (χ4v) is 2.95. The molecule has 0 aliphatic rings. The summed E-state index contributed by atoms with van der Waals surface area (Å²) < 4.78 is 16.9. The van der Waals surface area contributed by atoms with Crippen LogP contribution in [0, 0.1) is 13.8 Å². The number of carbonyl (C=O) groups excluding carboxylic acids is 1. The first-order valence-corrected chi connectivity index (χ1v) is 10.2. The maximum atomic E-state index is 12.8. The number of nitrogens with one attached hydrogen (secondary N) is 2. The van der Waals surface area contributed by atoms with Crippen LogP contribution in [0.2, 0.25) is 0 Å². The summed E-state index contributed by atoms with van der Waals surface area (Å²) >= 11 is 5.24. The lowest BCUT2D eigenvalue weighted by atomic mass is 10.1. The molecule has 0 bridgehead atoms. The number of anilines is 1. The van der Waals surface area contributed by atoms with Gasteiger partial charge in [0.1, 0.15) is 5.75 Å². The van der Waals surface area contributed by atoms with Gasteiger partial charge in [0.05, 0.1) is 25.5 Å². The lowest BCUT2D eigenvalue weighted by molar-refractivity contribution is 0.0976. The first kappa shape index (κ1) is 23.3. The average Bonchev–Trinajstić information content (AvgIpc) is 2.68. The van der Waals surface area contributed by atoms with Gasteiger partial charge in [-0.05, 0) is 82.2 Å². The van der Waals surface area contributed by atoms with Crippen LogP contribution in [0.3, 0.4) is 0 Å². The average molecular weight is 433 g/mol. The van der Waals surface area contributed by atoms with Crippen molar-refractivity contribution in [3.05, 3.63) is 41.0 Å². The molecule has 2 aromatic carbocycles. The van der Waals surface area contributed by atoms with E-state index in [9.17, 15) is 9.90 Å². The highest BCUT2D eigenvalue weighted by atomic mass is 32.1. The molecule has 1 amide bonds. The second-order valence-electron chi connectivity index (χ2n) is 6.46. The van der Waals surface area contributed by atoms with Crippen molar-refractivity contribution in [2.24, 2.45) is 0 Å². The van der Waals surface area contributed by atoms with Crippen LogP contribution in [0.1, 0.15) is 42.3 Å². The van der Waals surface area contributed by atoms with Crippen molar-refractivity contribution < 1.29 is 24.1 Å². The number of rotatable bonds is 8. The van der Waals surface area contributed by atoms with E-state index in [0.29, 0.717) is 48.3 Å². The van der Waals surface area contributed by atoms with Crippen molar-refractivity contribution >= 4 is 28.9 Å². The largest absolute Gasteiger partial charge is 0.506 e. The molecular formula is C22H28N2O5S. The molecule has 8 heteroatoms. The van der Waals surface area contributed by atoms with Crippen molar-refractivity contribution in [2.45, 2.75) is 34.6 Å². The minimum atomic E-state index is -0.444. The van der Waals surface area contributed by atoms with Crippen LogP contribution in [0.15, 0.2) is 24.3 Å². The Kier molecular flexibility index (Phi) is 8.29. The van der Waals surface area contributed by atoms with Gasteiger partial charge in [0.15, 0.2) is 16.6 Å². The monoisotopic (exact) mass is 432 g/mol. The molecule has 0 aliphatic carbocycles. The number of hydrogen-bond acceptors (Lipinski definition) is 6. The topological polar surface area (TPSA) is 89.1 Å². The molecule has 0 unspecified atom stereocenters. The lowest BCUT2D eigenvalue weighted by Gasteiger charge is -2.17. The summed E-state index contributed by atoms with van der Waals surface area (Å²) in [6.07, 6.45) is 0. The summed E-state index contributed by atoms with van der Waals surface area (Å²) in [5, 5.41) is 15.6. The molecule has 7 nitrogen and oxygen atoms in total. The van der Waals surface area contributed by atoms with Crippen LogP contribution >= 0.6 is 12.2 Å². The van der Waals surface area contributed by atoms with Gasteiger partial charge in [-0.2, -0.15) is 0 Å². The van der Waals surface area contributed by atoms with Crippen molar-refractivity contribution in [3.8, 4) is 23.0 Å². The Balaban J connectivity index is 2.25. The number of thiocarbonyl (C=S) groups is 1. The second kappa shape index (κ2) is 10.7. The number of hydrogen-bond donors (Lipinski definition) is 3. The lowest BCUT2D eigenvalue weighted by Crippen LogP contribution is -2.34. The maximum absolute atomic E-state index is 12.8. The Morgan fingerprint density at radius 2 is 1.47 bits per heavy atom. The summed E-state index contributed by atoms with van der Waals surface area (Å²) in [5.74, 6) is 0.898. The summed E-state index contributed by atoms with van der Waals surface area (Å²) in [7, 11) is 0. The molecule has 0 spiro atoms. The number of carbonyl (C=O) groups is 1. The molecule has 0 aliphatic heterocycles. The second-order valence-corrected chi connectivity index (χ2v) is 6.87. The van der Waals surface area contributed by atoms with E-state index in [0.717, 1.165) is 11.1 Å². The highest BCUT2D eigenvalue weighted by molar-refractivity contribution is 7.80. The fraction of sp³-hybridized carbons (Fsp3) is 0.364. The minimum absolute atomic E-state index is 0.0491. The summed E-state index contributed by atoms with van der Waals surface area (Å²) in [5.41, 5.74) is 2.66. The van der Waals surface area contributed by atoms with Crippen LogP contribution in [0.5, 0.6) is 23.0 Å². The van der Waals surface area contributed by atoms with Crippen LogP contribution in [0.25, 0.3) is 0 Å². The number of benzene rings is 2. The normalized spacial score (nSPS) is 10.3. The van der Waals surface area contributed by atoms with Crippen molar-refractivity contribution in [2.75, 3.05) is 25.1 Å². The highest BCUT2D eigenvalue weighted by Crippen LogP contribution is 2.39. The molecule has 0 radical (unpaired) electrons. The number of ether oxygens (including phenoxy) is 3. The SMILES string of the molecule is CCOc1cc(C(=O)NC(=S)Nc2cc(C)c(C)cc2O)cc(OCC)c1OCC. The van der Waals surface area contributed by atoms with Gasteiger partial charge in [0.25, 0.3) is 5.91 Å². The predicted molar refractivity (Wildman–Crippen MR) is 121 cm³/mol. The molecule has 0 heterocycles. The van der Waals surface area contributed by atoms with E-state index in [1.807, 2.05) is 34.6 Å². The molecule has 30 heavy (non-hydrogen) atoms. The standard InChI is InChI=1S/C22H28N2O5S/c1-6-27-18-11-15(12-19(28-7-2)20(18)29-8-3)21(26)24-22(30)23-16-9-13(4)14(5)10-17(16)25/h9-12,25H,6-8H2,1-5H3,(H2,23,24,26,30). The van der Waals surface area contributed by atoms with Crippen molar-refractivity contribution in [1.82, 2.24) is 5.32 Å². The summed E-state index contributed by atoms with van der Waals surface area (Å²) in [4.78, 5) is 12.8. The van der Waals surface area contributed by atoms with E-state index >= 15 is 0 Å².